The number of aliphatic hydroxyl groups is 2. The number of aliphatic hydroxyl groups excluding tert-OH is 2. The van der Waals surface area contributed by atoms with Gasteiger partial charge in [0.25, 0.3) is 0 Å². The Balaban J connectivity index is 3.24. The van der Waals surface area contributed by atoms with E-state index in [4.69, 9.17) is 15.3 Å². The van der Waals surface area contributed by atoms with E-state index in [0.29, 0.717) is 0 Å². The van der Waals surface area contributed by atoms with Gasteiger partial charge in [-0.25, -0.2) is 9.59 Å². The molecule has 1 aliphatic carbocycles. The Labute approximate surface area is 78.4 Å². The molecule has 0 unspecified atom stereocenters. The van der Waals surface area contributed by atoms with Gasteiger partial charge in [-0.2, -0.15) is 0 Å². The molecule has 0 bridgehead atoms. The fraction of sp³-hybridized carbons (Fsp3) is 0.250. The van der Waals surface area contributed by atoms with E-state index in [1.54, 1.807) is 0 Å². The number of rotatable bonds is 2. The summed E-state index contributed by atoms with van der Waals surface area (Å²) in [4.78, 5) is 21.2. The fourth-order valence-electron chi connectivity index (χ4n) is 1.15. The second-order valence-corrected chi connectivity index (χ2v) is 2.73. The highest BCUT2D eigenvalue weighted by molar-refractivity contribution is 6.02. The molecule has 0 heterocycles. The van der Waals surface area contributed by atoms with Gasteiger partial charge in [-0.15, -0.1) is 0 Å². The van der Waals surface area contributed by atoms with Gasteiger partial charge in [-0.1, -0.05) is 6.08 Å². The Morgan fingerprint density at radius 3 is 2.14 bits per heavy atom. The molecule has 1 aliphatic rings. The number of carboxylic acids is 2. The van der Waals surface area contributed by atoms with Crippen LogP contribution in [0.5, 0.6) is 0 Å². The molecule has 1 rings (SSSR count). The van der Waals surface area contributed by atoms with Crippen LogP contribution in [0.25, 0.3) is 0 Å². The molecule has 0 amide bonds. The van der Waals surface area contributed by atoms with Crippen LogP contribution in [0.4, 0.5) is 0 Å². The van der Waals surface area contributed by atoms with Crippen molar-refractivity contribution in [1.82, 2.24) is 0 Å². The number of carbonyl (C=O) groups is 2. The van der Waals surface area contributed by atoms with E-state index in [9.17, 15) is 14.7 Å². The lowest BCUT2D eigenvalue weighted by Gasteiger charge is -2.20. The first-order chi connectivity index (χ1) is 6.45. The van der Waals surface area contributed by atoms with E-state index in [-0.39, 0.29) is 0 Å². The third kappa shape index (κ3) is 1.66. The minimum absolute atomic E-state index is 0.518. The molecule has 4 N–H and O–H groups in total. The summed E-state index contributed by atoms with van der Waals surface area (Å²) in [7, 11) is 0. The van der Waals surface area contributed by atoms with Crippen LogP contribution in [0.2, 0.25) is 0 Å². The van der Waals surface area contributed by atoms with E-state index < -0.39 is 35.3 Å². The molecule has 0 aromatic carbocycles. The SMILES string of the molecule is O=C(O)C1=C(C(=O)O)[C@@H](O)[C@@H](O)C=C1. The Kier molecular flexibility index (Phi) is 2.68. The zero-order chi connectivity index (χ0) is 10.9. The predicted octanol–water partition coefficient (Wildman–Crippen LogP) is -1.26. The second-order valence-electron chi connectivity index (χ2n) is 2.73. The maximum atomic E-state index is 10.6. The van der Waals surface area contributed by atoms with Crippen LogP contribution in [0, 0.1) is 0 Å². The van der Waals surface area contributed by atoms with Crippen molar-refractivity contribution >= 4 is 11.9 Å². The Bertz CT molecular complexity index is 340. The van der Waals surface area contributed by atoms with E-state index in [1.807, 2.05) is 0 Å². The smallest absolute Gasteiger partial charge is 0.336 e. The number of hydrogen-bond acceptors (Lipinski definition) is 4. The normalized spacial score (nSPS) is 26.4. The standard InChI is InChI=1S/C8H8O6/c9-4-2-1-3(7(11)12)5(6(4)10)8(13)14/h1-2,4,6,9-10H,(H,11,12)(H,13,14)/t4-,6-/m0/s1. The highest BCUT2D eigenvalue weighted by Crippen LogP contribution is 2.20. The second kappa shape index (κ2) is 3.60. The first kappa shape index (κ1) is 10.4. The molecule has 0 saturated carbocycles. The predicted molar refractivity (Wildman–Crippen MR) is 43.5 cm³/mol. The number of hydrogen-bond donors (Lipinski definition) is 4. The summed E-state index contributed by atoms with van der Waals surface area (Å²) in [5, 5.41) is 35.5. The van der Waals surface area contributed by atoms with Gasteiger partial charge in [0.1, 0.15) is 12.2 Å². The third-order valence-electron chi connectivity index (χ3n) is 1.83. The molecule has 2 atom stereocenters. The van der Waals surface area contributed by atoms with Crippen molar-refractivity contribution in [2.45, 2.75) is 12.2 Å². The zero-order valence-electron chi connectivity index (χ0n) is 6.91. The molecule has 0 radical (unpaired) electrons. The molecular formula is C8H8O6. The van der Waals surface area contributed by atoms with Crippen molar-refractivity contribution in [3.05, 3.63) is 23.3 Å². The lowest BCUT2D eigenvalue weighted by atomic mass is 9.93. The highest BCUT2D eigenvalue weighted by atomic mass is 16.4. The van der Waals surface area contributed by atoms with Crippen molar-refractivity contribution in [1.29, 1.82) is 0 Å². The molecule has 76 valence electrons. The van der Waals surface area contributed by atoms with Crippen LogP contribution in [0.15, 0.2) is 23.3 Å². The molecule has 6 heteroatoms. The number of aliphatic carboxylic acids is 2. The quantitative estimate of drug-likeness (QED) is 0.442. The summed E-state index contributed by atoms with van der Waals surface area (Å²) in [5.41, 5.74) is -1.22. The third-order valence-corrected chi connectivity index (χ3v) is 1.83. The molecule has 0 aromatic heterocycles. The van der Waals surface area contributed by atoms with E-state index in [2.05, 4.69) is 0 Å². The molecule has 0 spiro atoms. The van der Waals surface area contributed by atoms with Gasteiger partial charge in [0.2, 0.25) is 0 Å². The summed E-state index contributed by atoms with van der Waals surface area (Å²) in [6, 6.07) is 0. The zero-order valence-corrected chi connectivity index (χ0v) is 6.91. The van der Waals surface area contributed by atoms with Crippen LogP contribution in [0.1, 0.15) is 0 Å². The van der Waals surface area contributed by atoms with Crippen molar-refractivity contribution in [2.24, 2.45) is 0 Å². The molecule has 0 aromatic rings. The molecular weight excluding hydrogens is 192 g/mol. The van der Waals surface area contributed by atoms with Crippen LogP contribution >= 0.6 is 0 Å². The van der Waals surface area contributed by atoms with E-state index >= 15 is 0 Å². The number of carboxylic acid groups (broad SMARTS) is 2. The summed E-state index contributed by atoms with van der Waals surface area (Å²) >= 11 is 0. The lowest BCUT2D eigenvalue weighted by Crippen LogP contribution is -2.34. The van der Waals surface area contributed by atoms with Crippen molar-refractivity contribution in [3.63, 3.8) is 0 Å². The van der Waals surface area contributed by atoms with Gasteiger partial charge in [0.15, 0.2) is 0 Å². The molecule has 6 nitrogen and oxygen atoms in total. The van der Waals surface area contributed by atoms with Gasteiger partial charge in [-0.3, -0.25) is 0 Å². The summed E-state index contributed by atoms with van der Waals surface area (Å²) < 4.78 is 0. The maximum Gasteiger partial charge on any atom is 0.336 e. The van der Waals surface area contributed by atoms with Crippen LogP contribution < -0.4 is 0 Å². The van der Waals surface area contributed by atoms with Crippen LogP contribution in [-0.2, 0) is 9.59 Å². The van der Waals surface area contributed by atoms with Crippen molar-refractivity contribution < 1.29 is 30.0 Å². The average molecular weight is 200 g/mol. The molecule has 0 aliphatic heterocycles. The van der Waals surface area contributed by atoms with Gasteiger partial charge in [0, 0.05) is 0 Å². The molecule has 0 fully saturated rings. The first-order valence-electron chi connectivity index (χ1n) is 3.70. The van der Waals surface area contributed by atoms with E-state index in [1.165, 1.54) is 0 Å². The molecule has 0 saturated heterocycles. The Morgan fingerprint density at radius 2 is 1.71 bits per heavy atom. The fourth-order valence-corrected chi connectivity index (χ4v) is 1.15. The summed E-state index contributed by atoms with van der Waals surface area (Å²) in [6.45, 7) is 0. The largest absolute Gasteiger partial charge is 0.478 e. The monoisotopic (exact) mass is 200 g/mol. The van der Waals surface area contributed by atoms with Crippen LogP contribution in [-0.4, -0.2) is 44.6 Å². The van der Waals surface area contributed by atoms with Crippen molar-refractivity contribution in [2.75, 3.05) is 0 Å². The van der Waals surface area contributed by atoms with Crippen molar-refractivity contribution in [3.8, 4) is 0 Å². The van der Waals surface area contributed by atoms with E-state index in [0.717, 1.165) is 12.2 Å². The van der Waals surface area contributed by atoms with Gasteiger partial charge < -0.3 is 20.4 Å². The van der Waals surface area contributed by atoms with Gasteiger partial charge >= 0.3 is 11.9 Å². The van der Waals surface area contributed by atoms with Gasteiger partial charge in [-0.05, 0) is 6.08 Å². The summed E-state index contributed by atoms with van der Waals surface area (Å²) in [5.74, 6) is -3.01. The van der Waals surface area contributed by atoms with Gasteiger partial charge in [0.05, 0.1) is 11.1 Å². The minimum Gasteiger partial charge on any atom is -0.478 e. The topological polar surface area (TPSA) is 115 Å². The average Bonchev–Trinajstić information content (AvgIpc) is 2.08. The molecule has 14 heavy (non-hydrogen) atoms. The Hall–Kier alpha value is -1.66. The highest BCUT2D eigenvalue weighted by Gasteiger charge is 2.32. The first-order valence-corrected chi connectivity index (χ1v) is 3.70. The maximum absolute atomic E-state index is 10.6. The van der Waals surface area contributed by atoms with Crippen LogP contribution in [0.3, 0.4) is 0 Å². The Morgan fingerprint density at radius 1 is 1.14 bits per heavy atom. The minimum atomic E-state index is -1.71. The lowest BCUT2D eigenvalue weighted by molar-refractivity contribution is -0.137. The summed E-state index contributed by atoms with van der Waals surface area (Å²) in [6.07, 6.45) is -1.10.